The van der Waals surface area contributed by atoms with Crippen LogP contribution in [0.3, 0.4) is 0 Å². The third-order valence-electron chi connectivity index (χ3n) is 0.598. The Morgan fingerprint density at radius 1 is 1.67 bits per heavy atom. The number of hydrogen-bond acceptors (Lipinski definition) is 0. The van der Waals surface area contributed by atoms with Gasteiger partial charge in [-0.25, -0.2) is 0 Å². The van der Waals surface area contributed by atoms with Gasteiger partial charge in [0.05, 0.1) is 0 Å². The molecule has 1 aliphatic heterocycles. The van der Waals surface area contributed by atoms with Crippen LogP contribution < -0.4 is 0 Å². The Morgan fingerprint density at radius 2 is 2.50 bits per heavy atom. The first kappa shape index (κ1) is 4.42. The van der Waals surface area contributed by atoms with E-state index in [-0.39, 0.29) is 7.89 Å². The van der Waals surface area contributed by atoms with Gasteiger partial charge in [-0.3, -0.25) is 0 Å². The molecule has 0 amide bonds. The van der Waals surface area contributed by atoms with E-state index in [4.69, 9.17) is 0 Å². The van der Waals surface area contributed by atoms with E-state index in [1.165, 1.54) is 0 Å². The summed E-state index contributed by atoms with van der Waals surface area (Å²) in [5.74, 6) is 0. The van der Waals surface area contributed by atoms with Gasteiger partial charge in [0.2, 0.25) is 0 Å². The van der Waals surface area contributed by atoms with Crippen molar-refractivity contribution in [2.45, 2.75) is 0 Å². The topological polar surface area (TPSA) is 0 Å². The van der Waals surface area contributed by atoms with E-state index >= 15 is 0 Å². The van der Waals surface area contributed by atoms with Crippen LogP contribution in [0.1, 0.15) is 0 Å². The van der Waals surface area contributed by atoms with E-state index in [1.54, 1.807) is 0 Å². The molecule has 6 heavy (non-hydrogen) atoms. The van der Waals surface area contributed by atoms with Crippen molar-refractivity contribution in [3.63, 3.8) is 0 Å². The minimum atomic E-state index is -0.245. The van der Waals surface area contributed by atoms with Crippen LogP contribution in [-0.4, -0.2) is 31.7 Å². The quantitative estimate of drug-likeness (QED) is 0.372. The Balaban J connectivity index is 2.86. The highest BCUT2D eigenvalue weighted by molar-refractivity contribution is 7.09. The molecule has 1 heterocycles. The minimum Gasteiger partial charge on any atom is -0.0927 e. The normalized spacial score (nSPS) is 17.0. The molecule has 0 saturated carbocycles. The second-order valence-electron chi connectivity index (χ2n) is 1.10. The summed E-state index contributed by atoms with van der Waals surface area (Å²) in [6, 6.07) is 0. The molecule has 0 aromatic rings. The van der Waals surface area contributed by atoms with E-state index in [0.717, 1.165) is 9.13 Å². The van der Waals surface area contributed by atoms with Gasteiger partial charge in [0, 0.05) is 26.4 Å². The van der Waals surface area contributed by atoms with Crippen LogP contribution >= 0.6 is 0 Å². The lowest BCUT2D eigenvalue weighted by atomic mass is 11.2. The Hall–Kier alpha value is 0.261. The minimum absolute atomic E-state index is 0.245. The van der Waals surface area contributed by atoms with E-state index in [9.17, 15) is 0 Å². The monoisotopic (exact) mass is 123 g/mol. The zero-order valence-corrected chi connectivity index (χ0v) is 6.23. The molecule has 0 unspecified atom stereocenters. The van der Waals surface area contributed by atoms with E-state index < -0.39 is 0 Å². The van der Waals surface area contributed by atoms with Crippen molar-refractivity contribution in [1.82, 2.24) is 0 Å². The maximum absolute atomic E-state index is 3.55. The third-order valence-corrected chi connectivity index (χ3v) is 5.53. The Kier molecular flexibility index (Phi) is 1.33. The Bertz CT molecular complexity index is 108. The highest BCUT2D eigenvalue weighted by Gasteiger charge is 1.83. The lowest BCUT2D eigenvalue weighted by Crippen LogP contribution is -1.93. The SMILES string of the molecule is [Si]=[Si]1C=C[Si]=C1. The van der Waals surface area contributed by atoms with E-state index in [2.05, 4.69) is 26.0 Å². The molecule has 0 spiro atoms. The van der Waals surface area contributed by atoms with Crippen LogP contribution in [0.2, 0.25) is 0 Å². The molecule has 3 radical (unpaired) electrons. The van der Waals surface area contributed by atoms with Crippen molar-refractivity contribution >= 4 is 31.7 Å². The van der Waals surface area contributed by atoms with Gasteiger partial charge in [0.15, 0.2) is 0 Å². The van der Waals surface area contributed by atoms with Gasteiger partial charge in [-0.1, -0.05) is 16.7 Å². The van der Waals surface area contributed by atoms with Gasteiger partial charge >= 0.3 is 0 Å². The Morgan fingerprint density at radius 3 is 2.67 bits per heavy atom. The van der Waals surface area contributed by atoms with Crippen LogP contribution in [0.5, 0.6) is 0 Å². The molecule has 1 rings (SSSR count). The van der Waals surface area contributed by atoms with Gasteiger partial charge in [0.25, 0.3) is 0 Å². The molecule has 3 heteroatoms. The lowest BCUT2D eigenvalue weighted by molar-refractivity contribution is 2.49. The van der Waals surface area contributed by atoms with Crippen LogP contribution in [0, 0.1) is 0 Å². The first-order valence-corrected chi connectivity index (χ1v) is 6.05. The Labute approximate surface area is 43.7 Å². The van der Waals surface area contributed by atoms with E-state index in [1.807, 2.05) is 0 Å². The largest absolute Gasteiger partial charge is 0.0927 e. The van der Waals surface area contributed by atoms with Gasteiger partial charge < -0.3 is 0 Å². The first-order valence-electron chi connectivity index (χ1n) is 1.74. The maximum Gasteiger partial charge on any atom is 0.0452 e. The number of rotatable bonds is 0. The fourth-order valence-electron chi connectivity index (χ4n) is 0.324. The summed E-state index contributed by atoms with van der Waals surface area (Å²) in [6.45, 7) is 0. The molecule has 0 N–H and O–H groups in total. The lowest BCUT2D eigenvalue weighted by Gasteiger charge is -1.68. The summed E-state index contributed by atoms with van der Waals surface area (Å²) < 4.78 is 0. The summed E-state index contributed by atoms with van der Waals surface area (Å²) in [5, 5.41) is 2.33. The van der Waals surface area contributed by atoms with Crippen molar-refractivity contribution < 1.29 is 0 Å². The summed E-state index contributed by atoms with van der Waals surface area (Å²) in [7, 11) is 4.28. The molecule has 0 aromatic carbocycles. The van der Waals surface area contributed by atoms with Gasteiger partial charge in [-0.05, 0) is 0 Å². The van der Waals surface area contributed by atoms with E-state index in [0.29, 0.717) is 0 Å². The van der Waals surface area contributed by atoms with Crippen LogP contribution in [0.15, 0.2) is 11.4 Å². The van der Waals surface area contributed by atoms with Crippen LogP contribution in [0.4, 0.5) is 0 Å². The third kappa shape index (κ3) is 0.859. The summed E-state index contributed by atoms with van der Waals surface area (Å²) in [5.41, 5.74) is 4.47. The second kappa shape index (κ2) is 1.81. The smallest absolute Gasteiger partial charge is 0.0452 e. The van der Waals surface area contributed by atoms with Crippen molar-refractivity contribution in [3.05, 3.63) is 11.4 Å². The van der Waals surface area contributed by atoms with Crippen molar-refractivity contribution in [3.8, 4) is 0 Å². The predicted molar refractivity (Wildman–Crippen MR) is 32.5 cm³/mol. The molecule has 1 aliphatic rings. The zero-order valence-electron chi connectivity index (χ0n) is 3.23. The molecule has 0 nitrogen and oxygen atoms in total. The molecule has 0 aromatic heterocycles. The average Bonchev–Trinajstić information content (AvgIpc) is 1.86. The first-order chi connectivity index (χ1) is 2.89. The second-order valence-corrected chi connectivity index (χ2v) is 5.90. The molecule has 0 fully saturated rings. The molecule has 27 valence electrons. The zero-order chi connectivity index (χ0) is 4.41. The standard InChI is InChI=1S/C3H3Si3/c4-6-2-1-5-3-6/h1-3H. The van der Waals surface area contributed by atoms with Crippen LogP contribution in [0.25, 0.3) is 0 Å². The molecule has 0 saturated heterocycles. The average molecular weight is 123 g/mol. The summed E-state index contributed by atoms with van der Waals surface area (Å²) >= 11 is 0. The van der Waals surface area contributed by atoms with Crippen LogP contribution in [-0.2, 0) is 0 Å². The number of hydrogen-bond donors (Lipinski definition) is 0. The summed E-state index contributed by atoms with van der Waals surface area (Å²) in [4.78, 5) is 0. The fourth-order valence-corrected chi connectivity index (χ4v) is 4.42. The maximum atomic E-state index is 3.55. The molecule has 0 bridgehead atoms. The van der Waals surface area contributed by atoms with Gasteiger partial charge in [-0.2, -0.15) is 0 Å². The van der Waals surface area contributed by atoms with Crippen molar-refractivity contribution in [1.29, 1.82) is 0 Å². The predicted octanol–water partition coefficient (Wildman–Crippen LogP) is -0.742. The highest BCUT2D eigenvalue weighted by Crippen LogP contribution is 1.71. The molecular weight excluding hydrogens is 120 g/mol. The van der Waals surface area contributed by atoms with Crippen molar-refractivity contribution in [2.75, 3.05) is 0 Å². The fraction of sp³-hybridized carbons (Fsp3) is 0. The van der Waals surface area contributed by atoms with Gasteiger partial charge in [0.1, 0.15) is 0 Å². The molecular formula is C3H3Si3. The molecule has 0 atom stereocenters. The molecule has 0 aliphatic carbocycles. The van der Waals surface area contributed by atoms with Gasteiger partial charge in [-0.15, -0.1) is 0 Å². The summed E-state index contributed by atoms with van der Waals surface area (Å²) in [6.07, 6.45) is 0. The highest BCUT2D eigenvalue weighted by atomic mass is 28.9. The van der Waals surface area contributed by atoms with Crippen molar-refractivity contribution in [2.24, 2.45) is 0 Å².